The molecular weight excluding hydrogens is 381 g/mol. The molecule has 1 N–H and O–H groups in total. The summed E-state index contributed by atoms with van der Waals surface area (Å²) in [6.07, 6.45) is 3.11. The Kier molecular flexibility index (Phi) is 5.43. The monoisotopic (exact) mass is 404 g/mol. The third-order valence-electron chi connectivity index (χ3n) is 5.60. The summed E-state index contributed by atoms with van der Waals surface area (Å²) in [5.41, 5.74) is 2.82. The second-order valence-electron chi connectivity index (χ2n) is 7.39. The summed E-state index contributed by atoms with van der Waals surface area (Å²) >= 11 is 1.74. The van der Waals surface area contributed by atoms with Gasteiger partial charge in [0, 0.05) is 34.6 Å². The van der Waals surface area contributed by atoms with Crippen LogP contribution in [0.1, 0.15) is 29.5 Å². The minimum Gasteiger partial charge on any atom is -0.361 e. The van der Waals surface area contributed by atoms with E-state index >= 15 is 0 Å². The fraction of sp³-hybridized carbons (Fsp3) is 0.364. The topological polar surface area (TPSA) is 19.0 Å². The molecule has 148 valence electrons. The number of H-pyrrole nitrogens is 1. The van der Waals surface area contributed by atoms with Crippen molar-refractivity contribution in [2.75, 3.05) is 12.8 Å². The number of alkyl halides is 3. The molecule has 28 heavy (non-hydrogen) atoms. The van der Waals surface area contributed by atoms with E-state index in [0.29, 0.717) is 12.6 Å². The molecule has 2 nitrogen and oxygen atoms in total. The molecule has 6 heteroatoms. The highest BCUT2D eigenvalue weighted by molar-refractivity contribution is 7.98. The Morgan fingerprint density at radius 1 is 1.14 bits per heavy atom. The Hall–Kier alpha value is -1.92. The van der Waals surface area contributed by atoms with Gasteiger partial charge < -0.3 is 4.98 Å². The van der Waals surface area contributed by atoms with Gasteiger partial charge in [0.25, 0.3) is 0 Å². The molecule has 0 bridgehead atoms. The molecule has 0 unspecified atom stereocenters. The van der Waals surface area contributed by atoms with Crippen LogP contribution in [-0.2, 0) is 19.1 Å². The van der Waals surface area contributed by atoms with Crippen molar-refractivity contribution in [3.8, 4) is 0 Å². The van der Waals surface area contributed by atoms with Gasteiger partial charge in [0.05, 0.1) is 5.56 Å². The zero-order valence-electron chi connectivity index (χ0n) is 15.7. The van der Waals surface area contributed by atoms with E-state index in [4.69, 9.17) is 0 Å². The largest absolute Gasteiger partial charge is 0.416 e. The fourth-order valence-electron chi connectivity index (χ4n) is 4.08. The quantitative estimate of drug-likeness (QED) is 0.517. The molecule has 0 radical (unpaired) electrons. The van der Waals surface area contributed by atoms with E-state index in [1.165, 1.54) is 28.0 Å². The van der Waals surface area contributed by atoms with Crippen molar-refractivity contribution in [1.82, 2.24) is 9.88 Å². The lowest BCUT2D eigenvalue weighted by molar-refractivity contribution is -0.137. The molecule has 0 saturated carbocycles. The number of likely N-dealkylation sites (tertiary alicyclic amines) is 1. The third kappa shape index (κ3) is 4.08. The van der Waals surface area contributed by atoms with Crippen molar-refractivity contribution in [3.63, 3.8) is 0 Å². The minimum absolute atomic E-state index is 0.416. The van der Waals surface area contributed by atoms with E-state index in [0.717, 1.165) is 36.9 Å². The van der Waals surface area contributed by atoms with Crippen LogP contribution < -0.4 is 0 Å². The molecule has 1 fully saturated rings. The maximum absolute atomic E-state index is 12.8. The summed E-state index contributed by atoms with van der Waals surface area (Å²) in [5.74, 6) is 0. The van der Waals surface area contributed by atoms with E-state index in [1.807, 2.05) is 0 Å². The Bertz CT molecular complexity index is 947. The van der Waals surface area contributed by atoms with Crippen molar-refractivity contribution in [1.29, 1.82) is 0 Å². The van der Waals surface area contributed by atoms with Gasteiger partial charge in [-0.2, -0.15) is 13.2 Å². The number of nitrogens with zero attached hydrogens (tertiary/aromatic N) is 1. The summed E-state index contributed by atoms with van der Waals surface area (Å²) < 4.78 is 38.3. The van der Waals surface area contributed by atoms with Crippen molar-refractivity contribution >= 4 is 22.7 Å². The molecule has 1 atom stereocenters. The predicted molar refractivity (Wildman–Crippen MR) is 109 cm³/mol. The molecule has 4 rings (SSSR count). The highest BCUT2D eigenvalue weighted by Gasteiger charge is 2.30. The zero-order chi connectivity index (χ0) is 19.7. The van der Waals surface area contributed by atoms with Crippen LogP contribution in [0.3, 0.4) is 0 Å². The van der Waals surface area contributed by atoms with Gasteiger partial charge >= 0.3 is 6.18 Å². The highest BCUT2D eigenvalue weighted by atomic mass is 32.2. The summed E-state index contributed by atoms with van der Waals surface area (Å²) in [5, 5.41) is 1.27. The minimum atomic E-state index is -4.28. The average molecular weight is 405 g/mol. The number of hydrogen-bond acceptors (Lipinski definition) is 2. The molecule has 1 aromatic heterocycles. The molecular formula is C22H23F3N2S. The van der Waals surface area contributed by atoms with Crippen molar-refractivity contribution < 1.29 is 13.2 Å². The number of thioether (sulfide) groups is 1. The summed E-state index contributed by atoms with van der Waals surface area (Å²) in [7, 11) is 0. The zero-order valence-corrected chi connectivity index (χ0v) is 16.5. The Morgan fingerprint density at radius 2 is 1.93 bits per heavy atom. The first-order chi connectivity index (χ1) is 13.4. The van der Waals surface area contributed by atoms with Gasteiger partial charge in [0.2, 0.25) is 0 Å². The van der Waals surface area contributed by atoms with Gasteiger partial charge in [-0.25, -0.2) is 0 Å². The lowest BCUT2D eigenvalue weighted by atomic mass is 10.0. The standard InChI is InChI=1S/C22H23F3N2S/c1-28-19-8-9-21-20(12-19)16(13-26-21)11-18-3-2-10-27(18)14-15-4-6-17(7-5-15)22(23,24)25/h4-9,12-13,18,26H,2-3,10-11,14H2,1H3/t18-/m1/s1. The molecule has 1 aliphatic heterocycles. The molecule has 3 aromatic rings. The lowest BCUT2D eigenvalue weighted by Gasteiger charge is -2.24. The number of fused-ring (bicyclic) bond motifs is 1. The van der Waals surface area contributed by atoms with Crippen LogP contribution in [0.15, 0.2) is 53.6 Å². The first-order valence-electron chi connectivity index (χ1n) is 9.48. The van der Waals surface area contributed by atoms with Crippen molar-refractivity contribution in [2.45, 2.75) is 42.9 Å². The molecule has 2 heterocycles. The van der Waals surface area contributed by atoms with Crippen LogP contribution in [-0.4, -0.2) is 28.7 Å². The van der Waals surface area contributed by atoms with E-state index in [-0.39, 0.29) is 0 Å². The first-order valence-corrected chi connectivity index (χ1v) is 10.7. The van der Waals surface area contributed by atoms with E-state index in [2.05, 4.69) is 40.5 Å². The first kappa shape index (κ1) is 19.4. The number of halogens is 3. The number of rotatable bonds is 5. The van der Waals surface area contributed by atoms with Crippen molar-refractivity contribution in [3.05, 3.63) is 65.4 Å². The Morgan fingerprint density at radius 3 is 2.64 bits per heavy atom. The number of aromatic nitrogens is 1. The summed E-state index contributed by atoms with van der Waals surface area (Å²) in [4.78, 5) is 7.02. The van der Waals surface area contributed by atoms with Crippen LogP contribution >= 0.6 is 11.8 Å². The van der Waals surface area contributed by atoms with Crippen LogP contribution in [0.25, 0.3) is 10.9 Å². The van der Waals surface area contributed by atoms with Gasteiger partial charge in [-0.05, 0) is 73.5 Å². The fourth-order valence-corrected chi connectivity index (χ4v) is 4.52. The van der Waals surface area contributed by atoms with Crippen LogP contribution in [0, 0.1) is 0 Å². The average Bonchev–Trinajstić information content (AvgIpc) is 3.28. The van der Waals surface area contributed by atoms with Gasteiger partial charge in [-0.15, -0.1) is 11.8 Å². The third-order valence-corrected chi connectivity index (χ3v) is 6.32. The molecule has 2 aromatic carbocycles. The summed E-state index contributed by atoms with van der Waals surface area (Å²) in [6, 6.07) is 12.5. The van der Waals surface area contributed by atoms with Crippen LogP contribution in [0.4, 0.5) is 13.2 Å². The molecule has 0 amide bonds. The number of nitrogens with one attached hydrogen (secondary N) is 1. The molecule has 1 saturated heterocycles. The molecule has 0 aliphatic carbocycles. The second-order valence-corrected chi connectivity index (χ2v) is 8.27. The molecule has 1 aliphatic rings. The maximum Gasteiger partial charge on any atom is 0.416 e. The maximum atomic E-state index is 12.8. The van der Waals surface area contributed by atoms with Crippen LogP contribution in [0.5, 0.6) is 0 Å². The number of hydrogen-bond donors (Lipinski definition) is 1. The normalized spacial score (nSPS) is 18.2. The van der Waals surface area contributed by atoms with Crippen molar-refractivity contribution in [2.24, 2.45) is 0 Å². The van der Waals surface area contributed by atoms with Gasteiger partial charge in [0.15, 0.2) is 0 Å². The molecule has 0 spiro atoms. The van der Waals surface area contributed by atoms with Gasteiger partial charge in [-0.1, -0.05) is 12.1 Å². The van der Waals surface area contributed by atoms with E-state index in [1.54, 1.807) is 23.9 Å². The smallest absolute Gasteiger partial charge is 0.361 e. The predicted octanol–water partition coefficient (Wildman–Crippen LogP) is 6.12. The van der Waals surface area contributed by atoms with Gasteiger partial charge in [0.1, 0.15) is 0 Å². The van der Waals surface area contributed by atoms with E-state index in [9.17, 15) is 13.2 Å². The summed E-state index contributed by atoms with van der Waals surface area (Å²) in [6.45, 7) is 1.69. The Balaban J connectivity index is 1.48. The SMILES string of the molecule is CSc1ccc2[nH]cc(C[C@H]3CCCN3Cc3ccc(C(F)(F)F)cc3)c2c1. The van der Waals surface area contributed by atoms with Crippen LogP contribution in [0.2, 0.25) is 0 Å². The number of aromatic amines is 1. The Labute approximate surface area is 167 Å². The highest BCUT2D eigenvalue weighted by Crippen LogP contribution is 2.31. The lowest BCUT2D eigenvalue weighted by Crippen LogP contribution is -2.30. The van der Waals surface area contributed by atoms with E-state index < -0.39 is 11.7 Å². The second kappa shape index (κ2) is 7.84. The van der Waals surface area contributed by atoms with Gasteiger partial charge in [-0.3, -0.25) is 4.90 Å². The number of benzene rings is 2.